The highest BCUT2D eigenvalue weighted by Crippen LogP contribution is 2.29. The average Bonchev–Trinajstić information content (AvgIpc) is 2.14. The minimum absolute atomic E-state index is 0.000255. The van der Waals surface area contributed by atoms with Gasteiger partial charge in [0.15, 0.2) is 5.69 Å². The number of anilines is 2. The molecule has 1 heterocycles. The highest BCUT2D eigenvalue weighted by molar-refractivity contribution is 5.41. The molecule has 0 unspecified atom stereocenters. The van der Waals surface area contributed by atoms with Crippen LogP contribution in [-0.2, 0) is 6.18 Å². The fraction of sp³-hybridized carbons (Fsp3) is 0.429. The first kappa shape index (κ1) is 12.5. The second-order valence-corrected chi connectivity index (χ2v) is 3.11. The molecule has 0 aliphatic carbocycles. The van der Waals surface area contributed by atoms with Crippen molar-refractivity contribution in [3.8, 4) is 0 Å². The molecule has 0 radical (unpaired) electrons. The van der Waals surface area contributed by atoms with Gasteiger partial charge in [0.25, 0.3) is 0 Å². The predicted octanol–water partition coefficient (Wildman–Crippen LogP) is 0.670. The molecule has 4 N–H and O–H groups in total. The van der Waals surface area contributed by atoms with Crippen molar-refractivity contribution in [2.75, 3.05) is 24.9 Å². The molecular weight excluding hydrogens is 225 g/mol. The number of hydrogen-bond donors (Lipinski definition) is 3. The van der Waals surface area contributed by atoms with Gasteiger partial charge in [0.1, 0.15) is 5.82 Å². The summed E-state index contributed by atoms with van der Waals surface area (Å²) in [4.78, 5) is 6.91. The Labute approximate surface area is 89.6 Å². The van der Waals surface area contributed by atoms with Crippen molar-refractivity contribution in [1.82, 2.24) is 15.0 Å². The summed E-state index contributed by atoms with van der Waals surface area (Å²) >= 11 is 0. The van der Waals surface area contributed by atoms with E-state index >= 15 is 0 Å². The van der Waals surface area contributed by atoms with Crippen molar-refractivity contribution in [2.24, 2.45) is 5.84 Å². The van der Waals surface area contributed by atoms with Crippen molar-refractivity contribution in [3.05, 3.63) is 11.8 Å². The molecule has 0 aromatic carbocycles. The molecule has 9 heteroatoms. The van der Waals surface area contributed by atoms with Gasteiger partial charge in [-0.3, -0.25) is 5.43 Å². The SMILES string of the molecule is CN(C)Nc1cc(C(F)(F)F)nc(NN)n1. The molecule has 6 nitrogen and oxygen atoms in total. The summed E-state index contributed by atoms with van der Waals surface area (Å²) in [7, 11) is 3.23. The Morgan fingerprint density at radius 2 is 1.94 bits per heavy atom. The van der Waals surface area contributed by atoms with E-state index < -0.39 is 11.9 Å². The summed E-state index contributed by atoms with van der Waals surface area (Å²) in [6, 6.07) is 0.792. The molecule has 1 aromatic rings. The number of nitrogens with two attached hydrogens (primary N) is 1. The van der Waals surface area contributed by atoms with E-state index in [2.05, 4.69) is 15.4 Å². The van der Waals surface area contributed by atoms with Crippen LogP contribution in [0.2, 0.25) is 0 Å². The minimum atomic E-state index is -4.54. The molecule has 0 saturated heterocycles. The molecular formula is C7H11F3N6. The molecule has 90 valence electrons. The molecule has 16 heavy (non-hydrogen) atoms. The van der Waals surface area contributed by atoms with Crippen LogP contribution in [0.15, 0.2) is 6.07 Å². The van der Waals surface area contributed by atoms with Gasteiger partial charge < -0.3 is 5.43 Å². The third-order valence-corrected chi connectivity index (χ3v) is 1.48. The van der Waals surface area contributed by atoms with Gasteiger partial charge in [-0.15, -0.1) is 0 Å². The molecule has 0 amide bonds. The highest BCUT2D eigenvalue weighted by atomic mass is 19.4. The van der Waals surface area contributed by atoms with Crippen LogP contribution in [0.3, 0.4) is 0 Å². The molecule has 0 bridgehead atoms. The van der Waals surface area contributed by atoms with E-state index in [4.69, 9.17) is 5.84 Å². The Bertz CT molecular complexity index is 364. The highest BCUT2D eigenvalue weighted by Gasteiger charge is 2.33. The standard InChI is InChI=1S/C7H11F3N6/c1-16(2)15-5-3-4(7(8,9)10)12-6(13-5)14-11/h3H,11H2,1-2H3,(H2,12,13,14,15). The van der Waals surface area contributed by atoms with E-state index in [9.17, 15) is 13.2 Å². The lowest BCUT2D eigenvalue weighted by molar-refractivity contribution is -0.141. The monoisotopic (exact) mass is 236 g/mol. The zero-order valence-electron chi connectivity index (χ0n) is 8.63. The second kappa shape index (κ2) is 4.49. The van der Waals surface area contributed by atoms with Crippen molar-refractivity contribution >= 4 is 11.8 Å². The van der Waals surface area contributed by atoms with E-state index in [0.717, 1.165) is 6.07 Å². The van der Waals surface area contributed by atoms with Gasteiger partial charge in [0, 0.05) is 20.2 Å². The van der Waals surface area contributed by atoms with E-state index in [-0.39, 0.29) is 11.8 Å². The summed E-state index contributed by atoms with van der Waals surface area (Å²) in [5.41, 5.74) is 3.48. The first-order valence-corrected chi connectivity index (χ1v) is 4.20. The van der Waals surface area contributed by atoms with Crippen LogP contribution in [0.5, 0.6) is 0 Å². The van der Waals surface area contributed by atoms with Gasteiger partial charge in [-0.25, -0.2) is 15.8 Å². The number of hydrazine groups is 2. The van der Waals surface area contributed by atoms with Crippen LogP contribution >= 0.6 is 0 Å². The quantitative estimate of drug-likeness (QED) is 0.528. The molecule has 0 saturated carbocycles. The molecule has 0 aliphatic rings. The third kappa shape index (κ3) is 3.21. The van der Waals surface area contributed by atoms with Gasteiger partial charge in [-0.1, -0.05) is 0 Å². The van der Waals surface area contributed by atoms with E-state index in [1.165, 1.54) is 5.01 Å². The van der Waals surface area contributed by atoms with Crippen LogP contribution in [-0.4, -0.2) is 29.1 Å². The Balaban J connectivity index is 3.11. The van der Waals surface area contributed by atoms with Crippen LogP contribution < -0.4 is 16.7 Å². The number of nitrogens with zero attached hydrogens (tertiary/aromatic N) is 3. The third-order valence-electron chi connectivity index (χ3n) is 1.48. The largest absolute Gasteiger partial charge is 0.433 e. The van der Waals surface area contributed by atoms with Gasteiger partial charge >= 0.3 is 6.18 Å². The average molecular weight is 236 g/mol. The Hall–Kier alpha value is -1.61. The van der Waals surface area contributed by atoms with Crippen LogP contribution in [0.25, 0.3) is 0 Å². The summed E-state index contributed by atoms with van der Waals surface area (Å²) in [6.07, 6.45) is -4.54. The minimum Gasteiger partial charge on any atom is -0.303 e. The van der Waals surface area contributed by atoms with E-state index in [0.29, 0.717) is 0 Å². The summed E-state index contributed by atoms with van der Waals surface area (Å²) in [6.45, 7) is 0. The maximum absolute atomic E-state index is 12.4. The van der Waals surface area contributed by atoms with Crippen molar-refractivity contribution < 1.29 is 13.2 Å². The predicted molar refractivity (Wildman–Crippen MR) is 52.2 cm³/mol. The van der Waals surface area contributed by atoms with Crippen molar-refractivity contribution in [2.45, 2.75) is 6.18 Å². The number of nitrogen functional groups attached to an aromatic ring is 1. The zero-order chi connectivity index (χ0) is 12.3. The lowest BCUT2D eigenvalue weighted by atomic mass is 10.4. The number of hydrogen-bond acceptors (Lipinski definition) is 6. The number of aromatic nitrogens is 2. The molecule has 0 aliphatic heterocycles. The lowest BCUT2D eigenvalue weighted by Crippen LogP contribution is -2.23. The summed E-state index contributed by atoms with van der Waals surface area (Å²) in [5, 5.41) is 1.45. The molecule has 1 rings (SSSR count). The Morgan fingerprint density at radius 1 is 1.31 bits per heavy atom. The lowest BCUT2D eigenvalue weighted by Gasteiger charge is -2.15. The molecule has 1 aromatic heterocycles. The smallest absolute Gasteiger partial charge is 0.303 e. The van der Waals surface area contributed by atoms with Crippen LogP contribution in [0.4, 0.5) is 24.9 Å². The summed E-state index contributed by atoms with van der Waals surface area (Å²) < 4.78 is 37.3. The van der Waals surface area contributed by atoms with Crippen molar-refractivity contribution in [1.29, 1.82) is 0 Å². The maximum Gasteiger partial charge on any atom is 0.433 e. The normalized spacial score (nSPS) is 11.7. The van der Waals surface area contributed by atoms with Crippen LogP contribution in [0.1, 0.15) is 5.69 Å². The number of alkyl halides is 3. The summed E-state index contributed by atoms with van der Waals surface area (Å²) in [5.74, 6) is 4.67. The second-order valence-electron chi connectivity index (χ2n) is 3.11. The fourth-order valence-corrected chi connectivity index (χ4v) is 0.943. The Morgan fingerprint density at radius 3 is 2.38 bits per heavy atom. The molecule has 0 atom stereocenters. The number of rotatable bonds is 3. The van der Waals surface area contributed by atoms with Gasteiger partial charge in [-0.05, 0) is 0 Å². The van der Waals surface area contributed by atoms with E-state index in [1.54, 1.807) is 14.1 Å². The zero-order valence-corrected chi connectivity index (χ0v) is 8.63. The number of halogens is 3. The van der Waals surface area contributed by atoms with Gasteiger partial charge in [0.2, 0.25) is 5.95 Å². The first-order valence-electron chi connectivity index (χ1n) is 4.20. The van der Waals surface area contributed by atoms with Crippen molar-refractivity contribution in [3.63, 3.8) is 0 Å². The van der Waals surface area contributed by atoms with Gasteiger partial charge in [-0.2, -0.15) is 18.2 Å². The Kier molecular flexibility index (Phi) is 3.50. The maximum atomic E-state index is 12.4. The van der Waals surface area contributed by atoms with Crippen LogP contribution in [0, 0.1) is 0 Å². The molecule has 0 spiro atoms. The topological polar surface area (TPSA) is 79.1 Å². The van der Waals surface area contributed by atoms with Gasteiger partial charge in [0.05, 0.1) is 0 Å². The number of nitrogens with one attached hydrogen (secondary N) is 2. The first-order chi connectivity index (χ1) is 7.32. The fourth-order valence-electron chi connectivity index (χ4n) is 0.943. The van der Waals surface area contributed by atoms with E-state index in [1.807, 2.05) is 5.43 Å². The molecule has 0 fully saturated rings.